The van der Waals surface area contributed by atoms with Crippen LogP contribution in [0, 0.1) is 5.82 Å². The Kier molecular flexibility index (Phi) is 9.23. The Bertz CT molecular complexity index is 1110. The van der Waals surface area contributed by atoms with E-state index in [4.69, 9.17) is 4.74 Å². The van der Waals surface area contributed by atoms with Crippen molar-refractivity contribution < 1.29 is 9.13 Å². The second-order valence-corrected chi connectivity index (χ2v) is 8.43. The molecule has 8 heteroatoms. The van der Waals surface area contributed by atoms with Crippen molar-refractivity contribution in [3.8, 4) is 11.3 Å². The van der Waals surface area contributed by atoms with E-state index in [1.807, 2.05) is 18.2 Å². The Labute approximate surface area is 199 Å². The lowest BCUT2D eigenvalue weighted by molar-refractivity contribution is 0.0309. The molecule has 1 atom stereocenters. The van der Waals surface area contributed by atoms with Crippen molar-refractivity contribution in [2.24, 2.45) is 0 Å². The van der Waals surface area contributed by atoms with Crippen molar-refractivity contribution in [3.63, 3.8) is 0 Å². The number of aromatic amines is 1. The smallest absolute Gasteiger partial charge is 0.272 e. The Morgan fingerprint density at radius 3 is 2.82 bits per heavy atom. The van der Waals surface area contributed by atoms with Crippen LogP contribution in [0.3, 0.4) is 0 Å². The number of H-pyrrole nitrogens is 1. The lowest BCUT2D eigenvalue weighted by Crippen LogP contribution is -2.39. The highest BCUT2D eigenvalue weighted by atomic mass is 35.5. The Hall–Kier alpha value is -2.48. The predicted octanol–water partition coefficient (Wildman–Crippen LogP) is 4.84. The zero-order chi connectivity index (χ0) is 22.3. The molecule has 4 rings (SSSR count). The second-order valence-electron chi connectivity index (χ2n) is 8.43. The molecule has 2 N–H and O–H groups in total. The fraction of sp³-hybridized carbons (Fsp3) is 0.440. The third-order valence-corrected chi connectivity index (χ3v) is 6.20. The number of aromatic nitrogens is 2. The summed E-state index contributed by atoms with van der Waals surface area (Å²) in [6.45, 7) is 3.99. The number of rotatable bonds is 9. The number of piperidine rings is 1. The van der Waals surface area contributed by atoms with Gasteiger partial charge in [0.15, 0.2) is 0 Å². The highest BCUT2D eigenvalue weighted by molar-refractivity contribution is 5.94. The molecular formula is C25H32ClFN4O2. The normalized spacial score (nSPS) is 16.5. The number of unbranched alkanes of at least 4 members (excludes halogenated alkanes) is 2. The molecule has 6 nitrogen and oxygen atoms in total. The van der Waals surface area contributed by atoms with Gasteiger partial charge in [-0.2, -0.15) is 5.10 Å². The quantitative estimate of drug-likeness (QED) is 0.434. The summed E-state index contributed by atoms with van der Waals surface area (Å²) in [5, 5.41) is 11.3. The van der Waals surface area contributed by atoms with Gasteiger partial charge in [0.05, 0.1) is 22.9 Å². The third-order valence-electron chi connectivity index (χ3n) is 6.20. The molecule has 3 aromatic rings. The van der Waals surface area contributed by atoms with Gasteiger partial charge in [0.25, 0.3) is 5.56 Å². The van der Waals surface area contributed by atoms with Crippen LogP contribution in [0.4, 0.5) is 10.1 Å². The van der Waals surface area contributed by atoms with Crippen LogP contribution in [-0.4, -0.2) is 54.5 Å². The minimum absolute atomic E-state index is 0. The number of hydrogen-bond donors (Lipinski definition) is 2. The molecule has 0 saturated carbocycles. The molecule has 1 fully saturated rings. The molecule has 1 aliphatic rings. The number of fused-ring (bicyclic) bond motifs is 1. The summed E-state index contributed by atoms with van der Waals surface area (Å²) in [6.07, 6.45) is 5.93. The van der Waals surface area contributed by atoms with Crippen LogP contribution < -0.4 is 10.9 Å². The predicted molar refractivity (Wildman–Crippen MR) is 134 cm³/mol. The largest absolute Gasteiger partial charge is 0.383 e. The lowest BCUT2D eigenvalue weighted by atomic mass is 10.0. The SMILES string of the molecule is COC1CCCN(CCCCCNc2cc(-c3n[nH]c(=O)c4ccccc34)ccc2F)C1.Cl. The third kappa shape index (κ3) is 6.31. The number of benzene rings is 2. The first kappa shape index (κ1) is 25.1. The average Bonchev–Trinajstić information content (AvgIpc) is 2.83. The molecule has 0 bridgehead atoms. The van der Waals surface area contributed by atoms with Crippen LogP contribution in [0.5, 0.6) is 0 Å². The molecule has 1 aliphatic heterocycles. The van der Waals surface area contributed by atoms with E-state index in [9.17, 15) is 9.18 Å². The summed E-state index contributed by atoms with van der Waals surface area (Å²) < 4.78 is 19.9. The van der Waals surface area contributed by atoms with Crippen LogP contribution >= 0.6 is 12.4 Å². The minimum atomic E-state index is -0.290. The van der Waals surface area contributed by atoms with Crippen molar-refractivity contribution in [2.75, 3.05) is 38.6 Å². The fourth-order valence-corrected chi connectivity index (χ4v) is 4.41. The Morgan fingerprint density at radius 2 is 2.00 bits per heavy atom. The molecular weight excluding hydrogens is 443 g/mol. The number of nitrogens with one attached hydrogen (secondary N) is 2. The van der Waals surface area contributed by atoms with Gasteiger partial charge in [-0.3, -0.25) is 4.79 Å². The van der Waals surface area contributed by atoms with E-state index in [1.54, 1.807) is 25.3 Å². The standard InChI is InChI=1S/C25H31FN4O2.ClH/c1-32-19-8-7-15-30(17-19)14-6-2-5-13-27-23-16-18(11-12-22(23)26)24-20-9-3-4-10-21(20)25(31)29-28-24;/h3-4,9-12,16,19,27H,2,5-8,13-15,17H2,1H3,(H,29,31);1H. The highest BCUT2D eigenvalue weighted by Crippen LogP contribution is 2.28. The van der Waals surface area contributed by atoms with Crippen LogP contribution in [0.2, 0.25) is 0 Å². The van der Waals surface area contributed by atoms with Gasteiger partial charge in [-0.1, -0.05) is 24.6 Å². The van der Waals surface area contributed by atoms with E-state index in [0.29, 0.717) is 29.4 Å². The molecule has 0 spiro atoms. The van der Waals surface area contributed by atoms with Gasteiger partial charge >= 0.3 is 0 Å². The van der Waals surface area contributed by atoms with Crippen LogP contribution in [-0.2, 0) is 4.74 Å². The molecule has 178 valence electrons. The molecule has 1 saturated heterocycles. The maximum absolute atomic E-state index is 14.4. The van der Waals surface area contributed by atoms with Crippen molar-refractivity contribution in [3.05, 3.63) is 58.6 Å². The first-order valence-corrected chi connectivity index (χ1v) is 11.4. The zero-order valence-corrected chi connectivity index (χ0v) is 19.8. The zero-order valence-electron chi connectivity index (χ0n) is 19.0. The summed E-state index contributed by atoms with van der Waals surface area (Å²) >= 11 is 0. The van der Waals surface area contributed by atoms with Gasteiger partial charge in [0, 0.05) is 31.1 Å². The maximum Gasteiger partial charge on any atom is 0.272 e. The highest BCUT2D eigenvalue weighted by Gasteiger charge is 2.18. The Morgan fingerprint density at radius 1 is 1.18 bits per heavy atom. The minimum Gasteiger partial charge on any atom is -0.383 e. The fourth-order valence-electron chi connectivity index (χ4n) is 4.41. The summed E-state index contributed by atoms with van der Waals surface area (Å²) in [4.78, 5) is 14.5. The molecule has 2 aromatic carbocycles. The van der Waals surface area contributed by atoms with Crippen LogP contribution in [0.25, 0.3) is 22.0 Å². The number of methoxy groups -OCH3 is 1. The molecule has 2 heterocycles. The second kappa shape index (κ2) is 12.1. The molecule has 33 heavy (non-hydrogen) atoms. The van der Waals surface area contributed by atoms with Gasteiger partial charge in [0.1, 0.15) is 5.82 Å². The van der Waals surface area contributed by atoms with E-state index in [0.717, 1.165) is 56.3 Å². The number of nitrogens with zero attached hydrogens (tertiary/aromatic N) is 2. The topological polar surface area (TPSA) is 70.2 Å². The summed E-state index contributed by atoms with van der Waals surface area (Å²) in [5.41, 5.74) is 1.63. The average molecular weight is 475 g/mol. The molecule has 1 aromatic heterocycles. The van der Waals surface area contributed by atoms with Gasteiger partial charge in [-0.25, -0.2) is 9.49 Å². The number of halogens is 2. The molecule has 1 unspecified atom stereocenters. The Balaban J connectivity index is 0.00000306. The monoisotopic (exact) mass is 474 g/mol. The van der Waals surface area contributed by atoms with Gasteiger partial charge in [-0.05, 0) is 63.0 Å². The summed E-state index contributed by atoms with van der Waals surface area (Å²) in [6, 6.07) is 12.2. The van der Waals surface area contributed by atoms with E-state index in [2.05, 4.69) is 20.4 Å². The van der Waals surface area contributed by atoms with Gasteiger partial charge in [-0.15, -0.1) is 12.4 Å². The number of likely N-dealkylation sites (tertiary alicyclic amines) is 1. The van der Waals surface area contributed by atoms with E-state index in [1.165, 1.54) is 12.5 Å². The summed E-state index contributed by atoms with van der Waals surface area (Å²) in [5.74, 6) is -0.290. The summed E-state index contributed by atoms with van der Waals surface area (Å²) in [7, 11) is 1.80. The van der Waals surface area contributed by atoms with Crippen LogP contribution in [0.1, 0.15) is 32.1 Å². The first-order chi connectivity index (χ1) is 15.7. The van der Waals surface area contributed by atoms with E-state index < -0.39 is 0 Å². The molecule has 0 amide bonds. The van der Waals surface area contributed by atoms with Crippen molar-refractivity contribution in [2.45, 2.75) is 38.2 Å². The number of anilines is 1. The number of hydrogen-bond acceptors (Lipinski definition) is 5. The molecule has 0 aliphatic carbocycles. The van der Waals surface area contributed by atoms with Crippen LogP contribution in [0.15, 0.2) is 47.3 Å². The van der Waals surface area contributed by atoms with Gasteiger partial charge in [0.2, 0.25) is 0 Å². The molecule has 0 radical (unpaired) electrons. The van der Waals surface area contributed by atoms with E-state index in [-0.39, 0.29) is 23.8 Å². The van der Waals surface area contributed by atoms with Crippen molar-refractivity contribution in [1.29, 1.82) is 0 Å². The van der Waals surface area contributed by atoms with Gasteiger partial charge < -0.3 is 15.0 Å². The first-order valence-electron chi connectivity index (χ1n) is 11.4. The number of ether oxygens (including phenoxy) is 1. The van der Waals surface area contributed by atoms with E-state index >= 15 is 0 Å². The van der Waals surface area contributed by atoms with Crippen molar-refractivity contribution in [1.82, 2.24) is 15.1 Å². The maximum atomic E-state index is 14.4. The van der Waals surface area contributed by atoms with Crippen molar-refractivity contribution >= 4 is 28.9 Å². The lowest BCUT2D eigenvalue weighted by Gasteiger charge is -2.31.